The molecule has 320 valence electrons. The molecule has 2 N–H and O–H groups in total. The van der Waals surface area contributed by atoms with Gasteiger partial charge in [0.1, 0.15) is 43.3 Å². The normalized spacial score (nSPS) is 24.0. The second-order valence-electron chi connectivity index (χ2n) is 15.4. The van der Waals surface area contributed by atoms with E-state index in [1.807, 2.05) is 36.4 Å². The summed E-state index contributed by atoms with van der Waals surface area (Å²) < 4.78 is 37.8. The number of alkyl halides is 1. The van der Waals surface area contributed by atoms with E-state index in [1.54, 1.807) is 35.2 Å². The molecule has 0 spiro atoms. The lowest BCUT2D eigenvalue weighted by molar-refractivity contribution is -0.256. The quantitative estimate of drug-likeness (QED) is 0.0372. The molecule has 1 amide bonds. The molecule has 2 heterocycles. The minimum Gasteiger partial charge on any atom is -0.459 e. The number of hydrogen-bond donors (Lipinski definition) is 2. The highest BCUT2D eigenvalue weighted by Gasteiger charge is 2.65. The van der Waals surface area contributed by atoms with Crippen LogP contribution in [0.5, 0.6) is 28.7 Å². The summed E-state index contributed by atoms with van der Waals surface area (Å²) in [6.07, 6.45) is 8.68. The number of nitrogens with zero attached hydrogens (tertiary/aromatic N) is 2. The van der Waals surface area contributed by atoms with Gasteiger partial charge >= 0.3 is 6.09 Å². The molecule has 3 aromatic rings. The van der Waals surface area contributed by atoms with Gasteiger partial charge in [-0.05, 0) is 91.1 Å². The maximum absolute atomic E-state index is 14.5. The van der Waals surface area contributed by atoms with Gasteiger partial charge in [-0.1, -0.05) is 48.3 Å². The van der Waals surface area contributed by atoms with Gasteiger partial charge in [-0.15, -0.1) is 18.2 Å². The van der Waals surface area contributed by atoms with Crippen LogP contribution < -0.4 is 18.9 Å². The largest absolute Gasteiger partial charge is 0.459 e. The average molecular weight is 845 g/mol. The molecule has 0 unspecified atom stereocenters. The first-order valence-corrected chi connectivity index (χ1v) is 21.1. The van der Waals surface area contributed by atoms with E-state index in [2.05, 4.69) is 17.8 Å². The maximum Gasteiger partial charge on any atom is 0.410 e. The zero-order valence-electron chi connectivity index (χ0n) is 33.8. The highest BCUT2D eigenvalue weighted by Crippen LogP contribution is 2.62. The number of fused-ring (bicyclic) bond motifs is 3. The molecule has 0 radical (unpaired) electrons. The third kappa shape index (κ3) is 9.00. The van der Waals surface area contributed by atoms with Crippen molar-refractivity contribution in [1.29, 1.82) is 0 Å². The molecule has 7 rings (SSSR count). The Morgan fingerprint density at radius 1 is 1.00 bits per heavy atom. The van der Waals surface area contributed by atoms with Crippen LogP contribution in [0.3, 0.4) is 0 Å². The second kappa shape index (κ2) is 20.0. The number of unbranched alkanes of at least 4 members (excludes halogenated alkanes) is 2. The summed E-state index contributed by atoms with van der Waals surface area (Å²) >= 11 is 6.07. The first kappa shape index (κ1) is 43.0. The fourth-order valence-corrected chi connectivity index (χ4v) is 9.43. The SMILES string of the molecule is C=CCO[C@@]12Oc3ccc(Oc4cccc(C=O)c4)cc3[C@H]3[C@H](CCCCO)[C@@H](CCCCO)C=C(C(=NOC)C[C@@H]1N(Cc1ccc4c(c1)OCO4)C(=O)OCCCl)[C@H]32. The first-order chi connectivity index (χ1) is 29.4. The van der Waals surface area contributed by atoms with Crippen molar-refractivity contribution in [3.8, 4) is 28.7 Å². The van der Waals surface area contributed by atoms with Crippen molar-refractivity contribution in [1.82, 2.24) is 4.90 Å². The van der Waals surface area contributed by atoms with Crippen LogP contribution in [-0.4, -0.2) is 91.2 Å². The summed E-state index contributed by atoms with van der Waals surface area (Å²) in [5.41, 5.74) is 3.67. The number of oxime groups is 1. The van der Waals surface area contributed by atoms with Crippen LogP contribution in [0.4, 0.5) is 4.79 Å². The number of hydrogen-bond acceptors (Lipinski definition) is 12. The van der Waals surface area contributed by atoms with Crippen LogP contribution in [0.1, 0.15) is 72.3 Å². The number of benzene rings is 3. The van der Waals surface area contributed by atoms with Crippen LogP contribution in [0, 0.1) is 17.8 Å². The van der Waals surface area contributed by atoms with Crippen LogP contribution in [-0.2, 0) is 20.9 Å². The molecule has 0 saturated heterocycles. The highest BCUT2D eigenvalue weighted by molar-refractivity contribution is 6.18. The smallest absolute Gasteiger partial charge is 0.410 e. The molecular formula is C46H53ClN2O11. The lowest BCUT2D eigenvalue weighted by Gasteiger charge is -2.59. The van der Waals surface area contributed by atoms with E-state index in [1.165, 1.54) is 7.11 Å². The Balaban J connectivity index is 1.43. The molecule has 60 heavy (non-hydrogen) atoms. The molecule has 0 aromatic heterocycles. The van der Waals surface area contributed by atoms with Gasteiger partial charge in [0.2, 0.25) is 12.6 Å². The number of rotatable bonds is 20. The van der Waals surface area contributed by atoms with Gasteiger partial charge < -0.3 is 43.5 Å². The summed E-state index contributed by atoms with van der Waals surface area (Å²) in [7, 11) is 1.50. The monoisotopic (exact) mass is 844 g/mol. The van der Waals surface area contributed by atoms with Crippen molar-refractivity contribution in [2.75, 3.05) is 46.2 Å². The minimum atomic E-state index is -1.51. The fraction of sp³-hybridized carbons (Fsp3) is 0.457. The molecule has 2 aliphatic carbocycles. The Hall–Kier alpha value is -5.08. The van der Waals surface area contributed by atoms with Gasteiger partial charge in [0.25, 0.3) is 0 Å². The van der Waals surface area contributed by atoms with Crippen molar-refractivity contribution in [2.24, 2.45) is 22.9 Å². The van der Waals surface area contributed by atoms with Gasteiger partial charge in [0.05, 0.1) is 24.1 Å². The number of amides is 1. The van der Waals surface area contributed by atoms with Gasteiger partial charge in [0, 0.05) is 43.2 Å². The van der Waals surface area contributed by atoms with Crippen LogP contribution in [0.2, 0.25) is 0 Å². The minimum absolute atomic E-state index is 0.0000414. The Kier molecular flexibility index (Phi) is 14.3. The van der Waals surface area contributed by atoms with E-state index in [0.717, 1.165) is 48.7 Å². The third-order valence-corrected chi connectivity index (χ3v) is 11.9. The Bertz CT molecular complexity index is 2060. The van der Waals surface area contributed by atoms with Crippen molar-refractivity contribution >= 4 is 29.7 Å². The molecule has 1 saturated carbocycles. The van der Waals surface area contributed by atoms with Gasteiger partial charge in [0.15, 0.2) is 11.5 Å². The Morgan fingerprint density at radius 3 is 2.55 bits per heavy atom. The summed E-state index contributed by atoms with van der Waals surface area (Å²) in [6.45, 7) is 4.41. The van der Waals surface area contributed by atoms with E-state index in [4.69, 9.17) is 44.9 Å². The number of ether oxygens (including phenoxy) is 6. The summed E-state index contributed by atoms with van der Waals surface area (Å²) in [5, 5.41) is 24.4. The van der Waals surface area contributed by atoms with Crippen molar-refractivity contribution in [3.63, 3.8) is 0 Å². The number of carbonyl (C=O) groups is 2. The number of aliphatic hydroxyl groups is 2. The molecule has 2 aliphatic heterocycles. The van der Waals surface area contributed by atoms with E-state index < -0.39 is 23.8 Å². The number of aldehydes is 1. The predicted octanol–water partition coefficient (Wildman–Crippen LogP) is 8.16. The van der Waals surface area contributed by atoms with Gasteiger partial charge in [-0.2, -0.15) is 0 Å². The number of aliphatic hydroxyl groups excluding tert-OH is 2. The second-order valence-corrected chi connectivity index (χ2v) is 15.7. The molecule has 14 heteroatoms. The number of carbonyl (C=O) groups excluding carboxylic acids is 2. The predicted molar refractivity (Wildman–Crippen MR) is 224 cm³/mol. The molecule has 3 aromatic carbocycles. The molecular weight excluding hydrogens is 792 g/mol. The number of halogens is 1. The van der Waals surface area contributed by atoms with Gasteiger partial charge in [-0.25, -0.2) is 4.79 Å². The van der Waals surface area contributed by atoms with Crippen LogP contribution in [0.15, 0.2) is 90.1 Å². The summed E-state index contributed by atoms with van der Waals surface area (Å²) in [4.78, 5) is 33.3. The van der Waals surface area contributed by atoms with E-state index in [9.17, 15) is 19.8 Å². The third-order valence-electron chi connectivity index (χ3n) is 11.8. The molecule has 0 bridgehead atoms. The molecule has 13 nitrogen and oxygen atoms in total. The lowest BCUT2D eigenvalue weighted by atomic mass is 9.55. The fourth-order valence-electron chi connectivity index (χ4n) is 9.36. The average Bonchev–Trinajstić information content (AvgIpc) is 3.74. The van der Waals surface area contributed by atoms with E-state index in [0.29, 0.717) is 52.9 Å². The first-order valence-electron chi connectivity index (χ1n) is 20.6. The van der Waals surface area contributed by atoms with Crippen LogP contribution >= 0.6 is 11.6 Å². The van der Waals surface area contributed by atoms with Crippen molar-refractivity contribution < 1.29 is 53.1 Å². The Morgan fingerprint density at radius 2 is 1.78 bits per heavy atom. The topological polar surface area (TPSA) is 155 Å². The number of allylic oxidation sites excluding steroid dienone is 1. The van der Waals surface area contributed by atoms with Crippen LogP contribution in [0.25, 0.3) is 0 Å². The standard InChI is InChI=1S/C46H53ClN2O11/c1-3-20-58-46-42(49(45(53)55-21-17-47)27-30-13-15-40-41(23-30)57-29-56-40)26-38(48-54-2)36-24-32(10-4-6-18-50)35(12-5-7-19-51)43(44(36)46)37-25-34(14-16-39(37)60-46)59-33-11-8-9-31(22-33)28-52/h3,8-9,11,13-16,22-25,28,32,35,42-44,50-51H,1,4-7,10,12,17-21,26-27,29H2,2H3/t32-,35+,42-,43+,44+,46+/m0/s1. The lowest BCUT2D eigenvalue weighted by Crippen LogP contribution is -2.70. The summed E-state index contributed by atoms with van der Waals surface area (Å²) in [5.74, 6) is 0.609. The van der Waals surface area contributed by atoms with Crippen molar-refractivity contribution in [3.05, 3.63) is 102 Å². The zero-order valence-corrected chi connectivity index (χ0v) is 34.6. The molecule has 1 fully saturated rings. The summed E-state index contributed by atoms with van der Waals surface area (Å²) in [6, 6.07) is 17.4. The highest BCUT2D eigenvalue weighted by atomic mass is 35.5. The van der Waals surface area contributed by atoms with E-state index >= 15 is 0 Å². The Labute approximate surface area is 355 Å². The molecule has 6 atom stereocenters. The maximum atomic E-state index is 14.5. The van der Waals surface area contributed by atoms with Gasteiger partial charge in [-0.3, -0.25) is 9.69 Å². The van der Waals surface area contributed by atoms with Crippen molar-refractivity contribution in [2.45, 2.75) is 69.2 Å². The zero-order chi connectivity index (χ0) is 42.1. The van der Waals surface area contributed by atoms with E-state index in [-0.39, 0.29) is 69.8 Å². The molecule has 4 aliphatic rings.